The maximum atomic E-state index is 12.4. The van der Waals surface area contributed by atoms with E-state index in [0.717, 1.165) is 26.1 Å². The van der Waals surface area contributed by atoms with Gasteiger partial charge in [0.05, 0.1) is 25.5 Å². The Morgan fingerprint density at radius 2 is 2.20 bits per heavy atom. The number of urea groups is 1. The molecule has 2 aliphatic heterocycles. The van der Waals surface area contributed by atoms with Crippen LogP contribution in [0.5, 0.6) is 5.75 Å². The molecule has 1 aromatic rings. The van der Waals surface area contributed by atoms with Crippen molar-refractivity contribution in [2.75, 3.05) is 32.1 Å². The van der Waals surface area contributed by atoms with Crippen LogP contribution in [0.15, 0.2) is 18.2 Å². The first-order valence-corrected chi connectivity index (χ1v) is 9.10. The van der Waals surface area contributed by atoms with Gasteiger partial charge in [-0.2, -0.15) is 0 Å². The summed E-state index contributed by atoms with van der Waals surface area (Å²) in [4.78, 5) is 14.8. The molecule has 7 heteroatoms. The van der Waals surface area contributed by atoms with Gasteiger partial charge in [0, 0.05) is 30.2 Å². The molecule has 2 heterocycles. The number of morpholine rings is 1. The number of halogens is 1. The number of carbonyl (C=O) groups is 1. The van der Waals surface area contributed by atoms with Gasteiger partial charge in [-0.25, -0.2) is 4.79 Å². The van der Waals surface area contributed by atoms with Crippen LogP contribution in [0.25, 0.3) is 0 Å². The minimum atomic E-state index is -0.244. The van der Waals surface area contributed by atoms with Gasteiger partial charge in [-0.1, -0.05) is 25.4 Å². The summed E-state index contributed by atoms with van der Waals surface area (Å²) < 4.78 is 11.2. The number of hydrogen-bond acceptors (Lipinski definition) is 4. The van der Waals surface area contributed by atoms with Gasteiger partial charge in [-0.15, -0.1) is 0 Å². The molecule has 0 aromatic heterocycles. The van der Waals surface area contributed by atoms with Crippen molar-refractivity contribution in [2.24, 2.45) is 5.92 Å². The van der Waals surface area contributed by atoms with E-state index in [4.69, 9.17) is 21.1 Å². The van der Waals surface area contributed by atoms with Crippen molar-refractivity contribution in [1.82, 2.24) is 10.2 Å². The summed E-state index contributed by atoms with van der Waals surface area (Å²) in [5.74, 6) is 1.09. The fourth-order valence-electron chi connectivity index (χ4n) is 3.53. The Morgan fingerprint density at radius 1 is 1.40 bits per heavy atom. The number of hydrogen-bond donors (Lipinski definition) is 2. The van der Waals surface area contributed by atoms with Crippen LogP contribution in [-0.2, 0) is 4.74 Å². The monoisotopic (exact) mass is 367 g/mol. The van der Waals surface area contributed by atoms with Crippen molar-refractivity contribution >= 4 is 23.3 Å². The molecule has 2 saturated heterocycles. The molecule has 0 radical (unpaired) electrons. The van der Waals surface area contributed by atoms with Crippen LogP contribution < -0.4 is 15.4 Å². The lowest BCUT2D eigenvalue weighted by molar-refractivity contribution is -0.0683. The van der Waals surface area contributed by atoms with Crippen molar-refractivity contribution in [3.63, 3.8) is 0 Å². The number of amides is 2. The summed E-state index contributed by atoms with van der Waals surface area (Å²) >= 11 is 6.00. The number of rotatable bonds is 4. The number of ether oxygens (including phenoxy) is 2. The largest absolute Gasteiger partial charge is 0.495 e. The molecule has 0 spiro atoms. The fourth-order valence-corrected chi connectivity index (χ4v) is 3.70. The predicted molar refractivity (Wildman–Crippen MR) is 98.5 cm³/mol. The van der Waals surface area contributed by atoms with E-state index in [1.807, 2.05) is 0 Å². The van der Waals surface area contributed by atoms with Gasteiger partial charge < -0.3 is 20.1 Å². The van der Waals surface area contributed by atoms with Gasteiger partial charge >= 0.3 is 6.03 Å². The molecule has 138 valence electrons. The molecule has 2 amide bonds. The van der Waals surface area contributed by atoms with E-state index in [2.05, 4.69) is 29.4 Å². The van der Waals surface area contributed by atoms with E-state index in [1.165, 1.54) is 0 Å². The second-order valence-electron chi connectivity index (χ2n) is 7.10. The SMILES string of the molecule is COc1ccc(Cl)cc1NC(=O)N[C@H]1C[C@H]2CO[C@H](C(C)C)CN2C1. The summed E-state index contributed by atoms with van der Waals surface area (Å²) in [5.41, 5.74) is 0.562. The zero-order valence-electron chi connectivity index (χ0n) is 14.9. The topological polar surface area (TPSA) is 62.8 Å². The number of nitrogens with zero attached hydrogens (tertiary/aromatic N) is 1. The molecular weight excluding hydrogens is 342 g/mol. The minimum Gasteiger partial charge on any atom is -0.495 e. The molecule has 2 aliphatic rings. The fraction of sp³-hybridized carbons (Fsp3) is 0.611. The molecule has 3 atom stereocenters. The molecule has 0 bridgehead atoms. The Balaban J connectivity index is 1.55. The van der Waals surface area contributed by atoms with E-state index >= 15 is 0 Å². The van der Waals surface area contributed by atoms with Crippen LogP contribution >= 0.6 is 11.6 Å². The van der Waals surface area contributed by atoms with Crippen molar-refractivity contribution in [3.05, 3.63) is 23.2 Å². The van der Waals surface area contributed by atoms with Crippen LogP contribution in [-0.4, -0.2) is 55.9 Å². The number of benzene rings is 1. The summed E-state index contributed by atoms with van der Waals surface area (Å²) in [6, 6.07) is 5.40. The zero-order valence-corrected chi connectivity index (χ0v) is 15.7. The molecule has 0 unspecified atom stereocenters. The number of carbonyl (C=O) groups excluding carboxylic acids is 1. The third-order valence-electron chi connectivity index (χ3n) is 4.93. The predicted octanol–water partition coefficient (Wildman–Crippen LogP) is 2.97. The van der Waals surface area contributed by atoms with Crippen molar-refractivity contribution < 1.29 is 14.3 Å². The number of fused-ring (bicyclic) bond motifs is 1. The van der Waals surface area contributed by atoms with E-state index in [9.17, 15) is 4.79 Å². The highest BCUT2D eigenvalue weighted by molar-refractivity contribution is 6.31. The normalized spacial score (nSPS) is 26.4. The van der Waals surface area contributed by atoms with Crippen LogP contribution in [0.4, 0.5) is 10.5 Å². The maximum Gasteiger partial charge on any atom is 0.319 e. The Bertz CT molecular complexity index is 626. The van der Waals surface area contributed by atoms with Crippen LogP contribution in [0.1, 0.15) is 20.3 Å². The quantitative estimate of drug-likeness (QED) is 0.858. The Morgan fingerprint density at radius 3 is 2.92 bits per heavy atom. The third kappa shape index (κ3) is 4.37. The first kappa shape index (κ1) is 18.3. The van der Waals surface area contributed by atoms with Crippen molar-refractivity contribution in [2.45, 2.75) is 38.5 Å². The van der Waals surface area contributed by atoms with Crippen LogP contribution in [0.2, 0.25) is 5.02 Å². The Hall–Kier alpha value is -1.50. The molecule has 2 N–H and O–H groups in total. The first-order valence-electron chi connectivity index (χ1n) is 8.73. The van der Waals surface area contributed by atoms with E-state index in [0.29, 0.717) is 28.4 Å². The molecule has 25 heavy (non-hydrogen) atoms. The second-order valence-corrected chi connectivity index (χ2v) is 7.54. The number of nitrogens with one attached hydrogen (secondary N) is 2. The van der Waals surface area contributed by atoms with Gasteiger partial charge in [-0.3, -0.25) is 4.90 Å². The second kappa shape index (κ2) is 7.81. The van der Waals surface area contributed by atoms with Crippen LogP contribution in [0.3, 0.4) is 0 Å². The van der Waals surface area contributed by atoms with Gasteiger partial charge in [0.1, 0.15) is 5.75 Å². The lowest BCUT2D eigenvalue weighted by Gasteiger charge is -2.36. The highest BCUT2D eigenvalue weighted by atomic mass is 35.5. The summed E-state index contributed by atoms with van der Waals surface area (Å²) in [7, 11) is 1.56. The smallest absolute Gasteiger partial charge is 0.319 e. The standard InChI is InChI=1S/C18H26ClN3O3/c1-11(2)17-9-22-8-13(7-14(22)10-25-17)20-18(23)21-15-6-12(19)4-5-16(15)24-3/h4-6,11,13-14,17H,7-10H2,1-3H3,(H2,20,21,23)/t13-,14-,17-/m0/s1. The van der Waals surface area contributed by atoms with Crippen molar-refractivity contribution in [1.29, 1.82) is 0 Å². The van der Waals surface area contributed by atoms with Gasteiger partial charge in [0.15, 0.2) is 0 Å². The molecular formula is C18H26ClN3O3. The third-order valence-corrected chi connectivity index (χ3v) is 5.17. The summed E-state index contributed by atoms with van der Waals surface area (Å²) in [5, 5.41) is 6.43. The van der Waals surface area contributed by atoms with Crippen molar-refractivity contribution in [3.8, 4) is 5.75 Å². The summed E-state index contributed by atoms with van der Waals surface area (Å²) in [6.45, 7) is 6.90. The number of anilines is 1. The van der Waals surface area contributed by atoms with E-state index < -0.39 is 0 Å². The Labute approximate surface area is 153 Å². The lowest BCUT2D eigenvalue weighted by atomic mass is 10.0. The summed E-state index contributed by atoms with van der Waals surface area (Å²) in [6.07, 6.45) is 1.19. The van der Waals surface area contributed by atoms with Gasteiger partial charge in [-0.05, 0) is 30.5 Å². The van der Waals surface area contributed by atoms with Crippen LogP contribution in [0, 0.1) is 5.92 Å². The molecule has 3 rings (SSSR count). The molecule has 2 fully saturated rings. The first-order chi connectivity index (χ1) is 12.0. The van der Waals surface area contributed by atoms with E-state index in [1.54, 1.807) is 25.3 Å². The van der Waals surface area contributed by atoms with Gasteiger partial charge in [0.25, 0.3) is 0 Å². The highest BCUT2D eigenvalue weighted by Crippen LogP contribution is 2.28. The average Bonchev–Trinajstić information content (AvgIpc) is 2.95. The maximum absolute atomic E-state index is 12.4. The molecule has 0 aliphatic carbocycles. The molecule has 6 nitrogen and oxygen atoms in total. The average molecular weight is 368 g/mol. The lowest BCUT2D eigenvalue weighted by Crippen LogP contribution is -2.48. The highest BCUT2D eigenvalue weighted by Gasteiger charge is 2.38. The molecule has 0 saturated carbocycles. The molecule has 1 aromatic carbocycles. The van der Waals surface area contributed by atoms with Gasteiger partial charge in [0.2, 0.25) is 0 Å². The number of methoxy groups -OCH3 is 1. The van der Waals surface area contributed by atoms with E-state index in [-0.39, 0.29) is 18.2 Å². The zero-order chi connectivity index (χ0) is 18.0. The minimum absolute atomic E-state index is 0.115. The Kier molecular flexibility index (Phi) is 5.71.